The fourth-order valence-corrected chi connectivity index (χ4v) is 6.49. The SMILES string of the molecule is CSc1ccc(S(=O)(=O)N2CCN(c3cccc(Cl)c3)CC2)cc1C(=O)N1CCCCC1. The first-order chi connectivity index (χ1) is 15.4. The molecule has 2 aromatic rings. The minimum absolute atomic E-state index is 0.0723. The number of carbonyl (C=O) groups excluding carboxylic acids is 1. The van der Waals surface area contributed by atoms with Crippen molar-refractivity contribution in [2.24, 2.45) is 0 Å². The molecule has 2 heterocycles. The molecule has 0 N–H and O–H groups in total. The molecule has 0 aliphatic carbocycles. The monoisotopic (exact) mass is 493 g/mol. The van der Waals surface area contributed by atoms with E-state index < -0.39 is 10.0 Å². The molecule has 2 aliphatic heterocycles. The second-order valence-electron chi connectivity index (χ2n) is 8.09. The van der Waals surface area contributed by atoms with Crippen molar-refractivity contribution in [3.05, 3.63) is 53.1 Å². The van der Waals surface area contributed by atoms with Gasteiger partial charge in [0.25, 0.3) is 5.91 Å². The predicted octanol–water partition coefficient (Wildman–Crippen LogP) is 4.20. The van der Waals surface area contributed by atoms with E-state index in [0.29, 0.717) is 36.8 Å². The van der Waals surface area contributed by atoms with E-state index in [4.69, 9.17) is 11.6 Å². The number of anilines is 1. The number of benzene rings is 2. The highest BCUT2D eigenvalue weighted by Gasteiger charge is 2.30. The van der Waals surface area contributed by atoms with Gasteiger partial charge in [-0.15, -0.1) is 11.8 Å². The van der Waals surface area contributed by atoms with Crippen molar-refractivity contribution >= 4 is 45.0 Å². The second-order valence-corrected chi connectivity index (χ2v) is 11.3. The number of hydrogen-bond acceptors (Lipinski definition) is 5. The first kappa shape index (κ1) is 23.4. The highest BCUT2D eigenvalue weighted by molar-refractivity contribution is 7.98. The smallest absolute Gasteiger partial charge is 0.255 e. The van der Waals surface area contributed by atoms with Crippen LogP contribution >= 0.6 is 23.4 Å². The molecule has 0 atom stereocenters. The van der Waals surface area contributed by atoms with Crippen LogP contribution in [0.2, 0.25) is 5.02 Å². The third-order valence-electron chi connectivity index (χ3n) is 6.09. The van der Waals surface area contributed by atoms with Crippen LogP contribution in [-0.4, -0.2) is 69.1 Å². The van der Waals surface area contributed by atoms with Crippen molar-refractivity contribution in [1.82, 2.24) is 9.21 Å². The first-order valence-corrected chi connectivity index (χ1v) is 13.9. The molecule has 0 aromatic heterocycles. The molecule has 32 heavy (non-hydrogen) atoms. The standard InChI is InChI=1S/C23H28ClN3O3S2/c1-31-22-9-8-20(17-21(22)23(28)26-10-3-2-4-11-26)32(29,30)27-14-12-25(13-15-27)19-7-5-6-18(24)16-19/h5-9,16-17H,2-4,10-15H2,1H3. The Morgan fingerprint density at radius 1 is 0.938 bits per heavy atom. The summed E-state index contributed by atoms with van der Waals surface area (Å²) in [4.78, 5) is 18.1. The Labute approximate surface area is 199 Å². The van der Waals surface area contributed by atoms with Gasteiger partial charge in [-0.05, 0) is 61.9 Å². The zero-order valence-electron chi connectivity index (χ0n) is 18.2. The summed E-state index contributed by atoms with van der Waals surface area (Å²) in [5.41, 5.74) is 1.48. The lowest BCUT2D eigenvalue weighted by molar-refractivity contribution is 0.0720. The zero-order valence-corrected chi connectivity index (χ0v) is 20.6. The van der Waals surface area contributed by atoms with Crippen LogP contribution in [-0.2, 0) is 10.0 Å². The summed E-state index contributed by atoms with van der Waals surface area (Å²) in [5.74, 6) is -0.0723. The summed E-state index contributed by atoms with van der Waals surface area (Å²) in [5, 5.41) is 0.664. The number of thioether (sulfide) groups is 1. The topological polar surface area (TPSA) is 60.9 Å². The van der Waals surface area contributed by atoms with Gasteiger partial charge in [0.1, 0.15) is 0 Å². The Morgan fingerprint density at radius 2 is 1.66 bits per heavy atom. The normalized spacial score (nSPS) is 18.1. The van der Waals surface area contributed by atoms with Gasteiger partial charge >= 0.3 is 0 Å². The number of sulfonamides is 1. The third-order valence-corrected chi connectivity index (χ3v) is 9.02. The van der Waals surface area contributed by atoms with E-state index >= 15 is 0 Å². The van der Waals surface area contributed by atoms with E-state index in [1.165, 1.54) is 16.1 Å². The van der Waals surface area contributed by atoms with E-state index in [2.05, 4.69) is 4.90 Å². The molecule has 172 valence electrons. The molecule has 4 rings (SSSR count). The van der Waals surface area contributed by atoms with Crippen LogP contribution in [0.1, 0.15) is 29.6 Å². The van der Waals surface area contributed by atoms with E-state index in [1.807, 2.05) is 35.4 Å². The van der Waals surface area contributed by atoms with Crippen molar-refractivity contribution in [2.75, 3.05) is 50.4 Å². The average Bonchev–Trinajstić information content (AvgIpc) is 2.83. The quantitative estimate of drug-likeness (QED) is 0.584. The summed E-state index contributed by atoms with van der Waals surface area (Å²) in [7, 11) is -3.69. The molecule has 6 nitrogen and oxygen atoms in total. The maximum atomic E-state index is 13.4. The van der Waals surface area contributed by atoms with Gasteiger partial charge in [0.15, 0.2) is 0 Å². The number of piperidine rings is 1. The van der Waals surface area contributed by atoms with Gasteiger partial charge < -0.3 is 9.80 Å². The predicted molar refractivity (Wildman–Crippen MR) is 130 cm³/mol. The largest absolute Gasteiger partial charge is 0.369 e. The molecule has 2 aliphatic rings. The van der Waals surface area contributed by atoms with E-state index in [1.54, 1.807) is 18.2 Å². The lowest BCUT2D eigenvalue weighted by Gasteiger charge is -2.35. The molecule has 9 heteroatoms. The van der Waals surface area contributed by atoms with Gasteiger partial charge in [-0.1, -0.05) is 17.7 Å². The molecule has 0 saturated carbocycles. The number of rotatable bonds is 5. The Balaban J connectivity index is 1.53. The molecular weight excluding hydrogens is 466 g/mol. The molecule has 2 aromatic carbocycles. The van der Waals surface area contributed by atoms with Crippen LogP contribution in [0.25, 0.3) is 0 Å². The maximum absolute atomic E-state index is 13.4. The minimum Gasteiger partial charge on any atom is -0.369 e. The van der Waals surface area contributed by atoms with Crippen molar-refractivity contribution in [2.45, 2.75) is 29.1 Å². The highest BCUT2D eigenvalue weighted by Crippen LogP contribution is 2.29. The van der Waals surface area contributed by atoms with Gasteiger partial charge in [-0.2, -0.15) is 4.31 Å². The van der Waals surface area contributed by atoms with Gasteiger partial charge in [0.05, 0.1) is 10.5 Å². The van der Waals surface area contributed by atoms with Crippen LogP contribution in [0.3, 0.4) is 0 Å². The summed E-state index contributed by atoms with van der Waals surface area (Å²) < 4.78 is 28.3. The van der Waals surface area contributed by atoms with Gasteiger partial charge in [-0.25, -0.2) is 8.42 Å². The Kier molecular flexibility index (Phi) is 7.34. The number of halogens is 1. The molecule has 0 unspecified atom stereocenters. The number of likely N-dealkylation sites (tertiary alicyclic amines) is 1. The van der Waals surface area contributed by atoms with Crippen molar-refractivity contribution in [3.8, 4) is 0 Å². The highest BCUT2D eigenvalue weighted by atomic mass is 35.5. The number of hydrogen-bond donors (Lipinski definition) is 0. The van der Waals surface area contributed by atoms with Crippen LogP contribution in [0.5, 0.6) is 0 Å². The summed E-state index contributed by atoms with van der Waals surface area (Å²) in [6.45, 7) is 3.40. The Hall–Kier alpha value is -1.74. The number of piperazine rings is 1. The lowest BCUT2D eigenvalue weighted by Crippen LogP contribution is -2.48. The van der Waals surface area contributed by atoms with Crippen LogP contribution in [0, 0.1) is 0 Å². The molecule has 2 saturated heterocycles. The number of carbonyl (C=O) groups is 1. The Bertz CT molecular complexity index is 1080. The van der Waals surface area contributed by atoms with Crippen LogP contribution in [0.15, 0.2) is 52.3 Å². The first-order valence-electron chi connectivity index (χ1n) is 10.9. The molecule has 0 radical (unpaired) electrons. The van der Waals surface area contributed by atoms with E-state index in [-0.39, 0.29) is 10.8 Å². The van der Waals surface area contributed by atoms with Crippen molar-refractivity contribution < 1.29 is 13.2 Å². The summed E-state index contributed by atoms with van der Waals surface area (Å²) >= 11 is 7.57. The summed E-state index contributed by atoms with van der Waals surface area (Å²) in [6, 6.07) is 12.6. The summed E-state index contributed by atoms with van der Waals surface area (Å²) in [6.07, 6.45) is 5.03. The van der Waals surface area contributed by atoms with Gasteiger partial charge in [0.2, 0.25) is 10.0 Å². The molecule has 1 amide bonds. The number of nitrogens with zero attached hydrogens (tertiary/aromatic N) is 3. The van der Waals surface area contributed by atoms with Gasteiger partial charge in [-0.3, -0.25) is 4.79 Å². The fraction of sp³-hybridized carbons (Fsp3) is 0.435. The fourth-order valence-electron chi connectivity index (χ4n) is 4.29. The van der Waals surface area contributed by atoms with Crippen molar-refractivity contribution in [1.29, 1.82) is 0 Å². The zero-order chi connectivity index (χ0) is 22.7. The lowest BCUT2D eigenvalue weighted by atomic mass is 10.1. The van der Waals surface area contributed by atoms with E-state index in [0.717, 1.165) is 42.9 Å². The van der Waals surface area contributed by atoms with Crippen LogP contribution < -0.4 is 4.90 Å². The molecule has 2 fully saturated rings. The van der Waals surface area contributed by atoms with Crippen LogP contribution in [0.4, 0.5) is 5.69 Å². The van der Waals surface area contributed by atoms with Gasteiger partial charge in [0, 0.05) is 54.9 Å². The molecule has 0 bridgehead atoms. The number of amides is 1. The average molecular weight is 494 g/mol. The van der Waals surface area contributed by atoms with E-state index in [9.17, 15) is 13.2 Å². The maximum Gasteiger partial charge on any atom is 0.255 e. The molecular formula is C23H28ClN3O3S2. The second kappa shape index (κ2) is 10.0. The minimum atomic E-state index is -3.69. The van der Waals surface area contributed by atoms with Crippen molar-refractivity contribution in [3.63, 3.8) is 0 Å². The molecule has 0 spiro atoms. The third kappa shape index (κ3) is 4.93. The Morgan fingerprint density at radius 3 is 2.31 bits per heavy atom.